The first-order valence-corrected chi connectivity index (χ1v) is 13.1. The number of hydrogen-bond donors (Lipinski definition) is 1. The van der Waals surface area contributed by atoms with Crippen molar-refractivity contribution >= 4 is 23.5 Å². The molecule has 0 radical (unpaired) electrons. The highest BCUT2D eigenvalue weighted by atomic mass is 16.5. The highest BCUT2D eigenvalue weighted by molar-refractivity contribution is 6.00. The van der Waals surface area contributed by atoms with Gasteiger partial charge in [0, 0.05) is 24.0 Å². The molecule has 38 heavy (non-hydrogen) atoms. The van der Waals surface area contributed by atoms with E-state index in [0.717, 1.165) is 18.6 Å². The summed E-state index contributed by atoms with van der Waals surface area (Å²) in [6.45, 7) is 7.12. The van der Waals surface area contributed by atoms with Crippen LogP contribution in [0, 0.1) is 10.8 Å². The number of carbonyl (C=O) groups is 4. The van der Waals surface area contributed by atoms with Gasteiger partial charge in [0.25, 0.3) is 0 Å². The molecule has 0 amide bonds. The molecule has 8 heteroatoms. The normalized spacial score (nSPS) is 15.8. The van der Waals surface area contributed by atoms with E-state index in [0.29, 0.717) is 49.5 Å². The molecule has 2 aliphatic rings. The summed E-state index contributed by atoms with van der Waals surface area (Å²) in [4.78, 5) is 47.1. The minimum Gasteiger partial charge on any atom is -0.494 e. The van der Waals surface area contributed by atoms with Crippen LogP contribution in [0.25, 0.3) is 0 Å². The van der Waals surface area contributed by atoms with Crippen molar-refractivity contribution in [1.29, 1.82) is 0 Å². The van der Waals surface area contributed by atoms with Gasteiger partial charge >= 0.3 is 11.9 Å². The number of ether oxygens (including phenoxy) is 3. The number of carboxylic acid groups (broad SMARTS) is 1. The summed E-state index contributed by atoms with van der Waals surface area (Å²) in [6, 6.07) is 13.9. The Bertz CT molecular complexity index is 1130. The van der Waals surface area contributed by atoms with E-state index in [2.05, 4.69) is 0 Å². The van der Waals surface area contributed by atoms with E-state index in [1.807, 2.05) is 13.8 Å². The van der Waals surface area contributed by atoms with Gasteiger partial charge in [-0.15, -0.1) is 0 Å². The van der Waals surface area contributed by atoms with Gasteiger partial charge in [0.15, 0.2) is 11.6 Å². The van der Waals surface area contributed by atoms with Crippen LogP contribution in [0.15, 0.2) is 48.5 Å². The predicted octanol–water partition coefficient (Wildman–Crippen LogP) is 5.52. The molecular weight excluding hydrogens is 488 g/mol. The molecule has 204 valence electrons. The van der Waals surface area contributed by atoms with Gasteiger partial charge in [-0.3, -0.25) is 19.2 Å². The Kier molecular flexibility index (Phi) is 9.66. The average molecular weight is 525 g/mol. The number of rotatable bonds is 13. The predicted molar refractivity (Wildman–Crippen MR) is 141 cm³/mol. The van der Waals surface area contributed by atoms with E-state index in [1.54, 1.807) is 55.5 Å². The van der Waals surface area contributed by atoms with Gasteiger partial charge in [-0.05, 0) is 95.0 Å². The van der Waals surface area contributed by atoms with Crippen molar-refractivity contribution in [2.24, 2.45) is 10.8 Å². The van der Waals surface area contributed by atoms with Crippen LogP contribution in [0.5, 0.6) is 11.5 Å². The third-order valence-corrected chi connectivity index (χ3v) is 6.84. The van der Waals surface area contributed by atoms with Crippen LogP contribution in [0.3, 0.4) is 0 Å². The second kappa shape index (κ2) is 12.7. The number of carboxylic acids is 1. The Balaban J connectivity index is 0.000000212. The van der Waals surface area contributed by atoms with Crippen LogP contribution in [-0.4, -0.2) is 48.4 Å². The van der Waals surface area contributed by atoms with Crippen LogP contribution in [-0.2, 0) is 14.3 Å². The highest BCUT2D eigenvalue weighted by Gasteiger charge is 2.52. The molecule has 2 aromatic rings. The van der Waals surface area contributed by atoms with Crippen molar-refractivity contribution < 1.29 is 38.5 Å². The van der Waals surface area contributed by atoms with Crippen LogP contribution in [0.1, 0.15) is 80.0 Å². The van der Waals surface area contributed by atoms with Gasteiger partial charge in [-0.1, -0.05) is 0 Å². The summed E-state index contributed by atoms with van der Waals surface area (Å²) < 4.78 is 15.7. The minimum absolute atomic E-state index is 0.0152. The van der Waals surface area contributed by atoms with Gasteiger partial charge in [0.1, 0.15) is 11.5 Å². The summed E-state index contributed by atoms with van der Waals surface area (Å²) in [7, 11) is 0. The van der Waals surface area contributed by atoms with Crippen molar-refractivity contribution in [3.63, 3.8) is 0 Å². The van der Waals surface area contributed by atoms with Gasteiger partial charge < -0.3 is 19.3 Å². The largest absolute Gasteiger partial charge is 0.494 e. The monoisotopic (exact) mass is 524 g/mol. The number of esters is 1. The molecule has 0 unspecified atom stereocenters. The van der Waals surface area contributed by atoms with E-state index < -0.39 is 16.8 Å². The molecule has 2 aliphatic carbocycles. The van der Waals surface area contributed by atoms with Crippen molar-refractivity contribution in [3.05, 3.63) is 59.7 Å². The van der Waals surface area contributed by atoms with Crippen LogP contribution in [0.2, 0.25) is 0 Å². The van der Waals surface area contributed by atoms with Crippen molar-refractivity contribution in [3.8, 4) is 11.5 Å². The quantitative estimate of drug-likeness (QED) is 0.269. The fourth-order valence-corrected chi connectivity index (χ4v) is 4.13. The average Bonchev–Trinajstić information content (AvgIpc) is 3.83. The standard InChI is InChI=1S/C16H20O4.C14H16O4/c1-3-19-13-7-5-12(6-8-13)14(17)11-16(9-10-16)15(18)20-4-2;1-2-18-11-5-3-10(4-6-11)12(15)9-14(7-8-14)13(16)17/h5-8H,3-4,9-11H2,1-2H3;3-6H,2,7-9H2,1H3,(H,16,17). The number of ketones is 2. The molecule has 0 spiro atoms. The van der Waals surface area contributed by atoms with Gasteiger partial charge in [0.05, 0.1) is 30.7 Å². The smallest absolute Gasteiger partial charge is 0.312 e. The lowest BCUT2D eigenvalue weighted by Crippen LogP contribution is -2.22. The van der Waals surface area contributed by atoms with Crippen LogP contribution >= 0.6 is 0 Å². The van der Waals surface area contributed by atoms with E-state index in [9.17, 15) is 19.2 Å². The molecule has 2 fully saturated rings. The first kappa shape index (κ1) is 28.9. The van der Waals surface area contributed by atoms with E-state index >= 15 is 0 Å². The first-order chi connectivity index (χ1) is 18.2. The highest BCUT2D eigenvalue weighted by Crippen LogP contribution is 2.51. The zero-order valence-electron chi connectivity index (χ0n) is 22.3. The maximum absolute atomic E-state index is 12.2. The lowest BCUT2D eigenvalue weighted by molar-refractivity contribution is -0.149. The number of aliphatic carboxylic acids is 1. The molecule has 0 bridgehead atoms. The van der Waals surface area contributed by atoms with Gasteiger partial charge in [0.2, 0.25) is 0 Å². The summed E-state index contributed by atoms with van der Waals surface area (Å²) in [5.74, 6) is 0.238. The number of hydrogen-bond acceptors (Lipinski definition) is 7. The summed E-state index contributed by atoms with van der Waals surface area (Å²) >= 11 is 0. The molecule has 1 N–H and O–H groups in total. The third-order valence-electron chi connectivity index (χ3n) is 6.84. The van der Waals surface area contributed by atoms with E-state index in [1.165, 1.54) is 0 Å². The Morgan fingerprint density at radius 1 is 0.658 bits per heavy atom. The Morgan fingerprint density at radius 3 is 1.37 bits per heavy atom. The molecule has 0 heterocycles. The van der Waals surface area contributed by atoms with Gasteiger partial charge in [-0.25, -0.2) is 0 Å². The van der Waals surface area contributed by atoms with E-state index in [-0.39, 0.29) is 30.4 Å². The van der Waals surface area contributed by atoms with Crippen molar-refractivity contribution in [2.75, 3.05) is 19.8 Å². The summed E-state index contributed by atoms with van der Waals surface area (Å²) in [5, 5.41) is 9.04. The molecule has 0 saturated heterocycles. The second-order valence-electron chi connectivity index (χ2n) is 9.70. The molecule has 2 saturated carbocycles. The second-order valence-corrected chi connectivity index (χ2v) is 9.70. The maximum atomic E-state index is 12.2. The topological polar surface area (TPSA) is 116 Å². The Hall–Kier alpha value is -3.68. The molecule has 0 atom stereocenters. The Labute approximate surface area is 223 Å². The lowest BCUT2D eigenvalue weighted by atomic mass is 9.95. The SMILES string of the molecule is CCOC(=O)C1(CC(=O)c2ccc(OCC)cc2)CC1.CCOc1ccc(C(=O)CC2(C(=O)O)CC2)cc1. The van der Waals surface area contributed by atoms with Crippen molar-refractivity contribution in [1.82, 2.24) is 0 Å². The Morgan fingerprint density at radius 2 is 1.05 bits per heavy atom. The molecule has 2 aromatic carbocycles. The van der Waals surface area contributed by atoms with Crippen LogP contribution in [0.4, 0.5) is 0 Å². The lowest BCUT2D eigenvalue weighted by Gasteiger charge is -2.13. The fourth-order valence-electron chi connectivity index (χ4n) is 4.13. The fraction of sp³-hybridized carbons (Fsp3) is 0.467. The zero-order chi connectivity index (χ0) is 27.8. The van der Waals surface area contributed by atoms with E-state index in [4.69, 9.17) is 19.3 Å². The molecule has 4 rings (SSSR count). The summed E-state index contributed by atoms with van der Waals surface area (Å²) in [6.07, 6.45) is 3.02. The minimum atomic E-state index is -0.859. The molecule has 0 aromatic heterocycles. The maximum Gasteiger partial charge on any atom is 0.312 e. The number of Topliss-reactive ketones (excluding diaryl/α,β-unsaturated/α-hetero) is 2. The number of benzene rings is 2. The molecular formula is C30H36O8. The van der Waals surface area contributed by atoms with Gasteiger partial charge in [-0.2, -0.15) is 0 Å². The number of carbonyl (C=O) groups excluding carboxylic acids is 3. The molecule has 8 nitrogen and oxygen atoms in total. The first-order valence-electron chi connectivity index (χ1n) is 13.1. The van der Waals surface area contributed by atoms with Crippen LogP contribution < -0.4 is 9.47 Å². The zero-order valence-corrected chi connectivity index (χ0v) is 22.3. The van der Waals surface area contributed by atoms with Crippen molar-refractivity contribution in [2.45, 2.75) is 59.3 Å². The third kappa shape index (κ3) is 7.43. The molecule has 0 aliphatic heterocycles. The summed E-state index contributed by atoms with van der Waals surface area (Å²) in [5.41, 5.74) is -0.198.